The molecule has 0 radical (unpaired) electrons. The summed E-state index contributed by atoms with van der Waals surface area (Å²) in [6, 6.07) is 4.91. The molecule has 1 heterocycles. The molecule has 2 aromatic rings. The van der Waals surface area contributed by atoms with Crippen molar-refractivity contribution in [3.05, 3.63) is 44.7 Å². The Labute approximate surface area is 109 Å². The van der Waals surface area contributed by atoms with Crippen molar-refractivity contribution in [2.75, 3.05) is 6.61 Å². The van der Waals surface area contributed by atoms with Gasteiger partial charge in [-0.2, -0.15) is 0 Å². The number of hydrogen-bond acceptors (Lipinski definition) is 3. The minimum Gasteiger partial charge on any atom is -0.461 e. The number of nitrogens with one attached hydrogen (secondary N) is 1. The van der Waals surface area contributed by atoms with Crippen LogP contribution in [-0.2, 0) is 4.74 Å². The molecule has 0 aliphatic heterocycles. The third kappa shape index (κ3) is 2.11. The van der Waals surface area contributed by atoms with Gasteiger partial charge in [0.25, 0.3) is 0 Å². The van der Waals surface area contributed by atoms with Crippen molar-refractivity contribution < 1.29 is 9.53 Å². The number of esters is 1. The summed E-state index contributed by atoms with van der Waals surface area (Å²) in [5.74, 6) is -0.524. The molecule has 0 fully saturated rings. The van der Waals surface area contributed by atoms with Crippen molar-refractivity contribution in [1.29, 1.82) is 0 Å². The summed E-state index contributed by atoms with van der Waals surface area (Å²) in [6.07, 6.45) is 0. The van der Waals surface area contributed by atoms with E-state index in [-0.39, 0.29) is 17.7 Å². The van der Waals surface area contributed by atoms with Gasteiger partial charge in [-0.05, 0) is 32.0 Å². The van der Waals surface area contributed by atoms with Crippen LogP contribution >= 0.6 is 11.6 Å². The zero-order chi connectivity index (χ0) is 13.3. The van der Waals surface area contributed by atoms with Crippen molar-refractivity contribution in [2.24, 2.45) is 0 Å². The largest absolute Gasteiger partial charge is 0.461 e. The lowest BCUT2D eigenvalue weighted by atomic mass is 10.1. The summed E-state index contributed by atoms with van der Waals surface area (Å²) in [6.45, 7) is 3.57. The number of pyridine rings is 1. The van der Waals surface area contributed by atoms with E-state index in [1.165, 1.54) is 0 Å². The van der Waals surface area contributed by atoms with E-state index in [2.05, 4.69) is 4.98 Å². The summed E-state index contributed by atoms with van der Waals surface area (Å²) in [5, 5.41) is 0.948. The highest BCUT2D eigenvalue weighted by Crippen LogP contribution is 2.17. The first-order chi connectivity index (χ1) is 8.54. The lowest BCUT2D eigenvalue weighted by Gasteiger charge is -2.07. The van der Waals surface area contributed by atoms with Crippen LogP contribution in [0, 0.1) is 6.92 Å². The number of carbonyl (C=O) groups excluding carboxylic acids is 1. The van der Waals surface area contributed by atoms with Gasteiger partial charge < -0.3 is 9.72 Å². The molecule has 1 aromatic heterocycles. The minimum atomic E-state index is -0.524. The molecule has 0 saturated heterocycles. The van der Waals surface area contributed by atoms with Gasteiger partial charge in [-0.3, -0.25) is 4.79 Å². The predicted octanol–water partition coefficient (Wildman–Crippen LogP) is 2.67. The number of aromatic nitrogens is 1. The van der Waals surface area contributed by atoms with E-state index in [1.54, 1.807) is 32.0 Å². The van der Waals surface area contributed by atoms with E-state index in [9.17, 15) is 9.59 Å². The number of benzene rings is 1. The van der Waals surface area contributed by atoms with Gasteiger partial charge in [-0.25, -0.2) is 4.79 Å². The van der Waals surface area contributed by atoms with Crippen molar-refractivity contribution in [2.45, 2.75) is 13.8 Å². The number of fused-ring (bicyclic) bond motifs is 1. The molecule has 0 spiro atoms. The molecule has 1 N–H and O–H groups in total. The SMILES string of the molecule is CCOC(=O)c1[nH]c2ccc(Cl)cc2c(=O)c1C. The summed E-state index contributed by atoms with van der Waals surface area (Å²) in [5.41, 5.74) is 0.882. The summed E-state index contributed by atoms with van der Waals surface area (Å²) >= 11 is 5.85. The van der Waals surface area contributed by atoms with Gasteiger partial charge >= 0.3 is 5.97 Å². The van der Waals surface area contributed by atoms with Crippen LogP contribution in [0.3, 0.4) is 0 Å². The Balaban J connectivity index is 2.72. The number of H-pyrrole nitrogens is 1. The highest BCUT2D eigenvalue weighted by atomic mass is 35.5. The standard InChI is InChI=1S/C13H12ClNO3/c1-3-18-13(17)11-7(2)12(16)9-6-8(14)4-5-10(9)15-11/h4-6H,3H2,1-2H3,(H,15,16). The van der Waals surface area contributed by atoms with Crippen molar-refractivity contribution in [3.8, 4) is 0 Å². The highest BCUT2D eigenvalue weighted by molar-refractivity contribution is 6.31. The second-order valence-corrected chi connectivity index (χ2v) is 4.30. The predicted molar refractivity (Wildman–Crippen MR) is 70.3 cm³/mol. The second-order valence-electron chi connectivity index (χ2n) is 3.86. The second kappa shape index (κ2) is 4.82. The van der Waals surface area contributed by atoms with Crippen LogP contribution in [0.4, 0.5) is 0 Å². The third-order valence-electron chi connectivity index (χ3n) is 2.68. The van der Waals surface area contributed by atoms with Crippen LogP contribution in [0.2, 0.25) is 5.02 Å². The van der Waals surface area contributed by atoms with Crippen LogP contribution in [-0.4, -0.2) is 17.6 Å². The molecule has 18 heavy (non-hydrogen) atoms. The molecule has 5 heteroatoms. The van der Waals surface area contributed by atoms with E-state index < -0.39 is 5.97 Å². The first-order valence-electron chi connectivity index (χ1n) is 5.54. The van der Waals surface area contributed by atoms with Crippen LogP contribution < -0.4 is 5.43 Å². The maximum Gasteiger partial charge on any atom is 0.355 e. The van der Waals surface area contributed by atoms with Crippen LogP contribution in [0.5, 0.6) is 0 Å². The Morgan fingerprint density at radius 2 is 2.17 bits per heavy atom. The Morgan fingerprint density at radius 3 is 2.83 bits per heavy atom. The smallest absolute Gasteiger partial charge is 0.355 e. The Hall–Kier alpha value is -1.81. The molecular weight excluding hydrogens is 254 g/mol. The topological polar surface area (TPSA) is 59.2 Å². The van der Waals surface area contributed by atoms with E-state index in [4.69, 9.17) is 16.3 Å². The van der Waals surface area contributed by atoms with Gasteiger partial charge in [0, 0.05) is 16.0 Å². The molecule has 0 aliphatic rings. The van der Waals surface area contributed by atoms with Crippen molar-refractivity contribution in [1.82, 2.24) is 4.98 Å². The Kier molecular flexibility index (Phi) is 3.39. The lowest BCUT2D eigenvalue weighted by molar-refractivity contribution is 0.0519. The van der Waals surface area contributed by atoms with Crippen molar-refractivity contribution >= 4 is 28.5 Å². The molecule has 0 unspecified atom stereocenters. The maximum absolute atomic E-state index is 12.1. The molecule has 4 nitrogen and oxygen atoms in total. The number of halogens is 1. The Bertz CT molecular complexity index is 676. The van der Waals surface area contributed by atoms with Gasteiger partial charge in [0.1, 0.15) is 5.69 Å². The number of ether oxygens (including phenoxy) is 1. The lowest BCUT2D eigenvalue weighted by Crippen LogP contribution is -2.17. The summed E-state index contributed by atoms with van der Waals surface area (Å²) < 4.78 is 4.90. The molecule has 0 aliphatic carbocycles. The monoisotopic (exact) mass is 265 g/mol. The fraction of sp³-hybridized carbons (Fsp3) is 0.231. The first-order valence-corrected chi connectivity index (χ1v) is 5.91. The summed E-state index contributed by atoms with van der Waals surface area (Å²) in [7, 11) is 0. The zero-order valence-electron chi connectivity index (χ0n) is 10.0. The number of aromatic amines is 1. The van der Waals surface area contributed by atoms with E-state index in [0.717, 1.165) is 0 Å². The van der Waals surface area contributed by atoms with Gasteiger partial charge in [0.05, 0.1) is 12.1 Å². The zero-order valence-corrected chi connectivity index (χ0v) is 10.8. The molecule has 0 saturated carbocycles. The fourth-order valence-corrected chi connectivity index (χ4v) is 1.94. The van der Waals surface area contributed by atoms with Crippen LogP contribution in [0.1, 0.15) is 23.0 Å². The van der Waals surface area contributed by atoms with Crippen molar-refractivity contribution in [3.63, 3.8) is 0 Å². The van der Waals surface area contributed by atoms with E-state index in [0.29, 0.717) is 21.5 Å². The van der Waals surface area contributed by atoms with Gasteiger partial charge in [-0.1, -0.05) is 11.6 Å². The number of hydrogen-bond donors (Lipinski definition) is 1. The van der Waals surface area contributed by atoms with E-state index >= 15 is 0 Å². The van der Waals surface area contributed by atoms with E-state index in [1.807, 2.05) is 0 Å². The van der Waals surface area contributed by atoms with Gasteiger partial charge in [0.2, 0.25) is 0 Å². The Morgan fingerprint density at radius 1 is 1.44 bits per heavy atom. The normalized spacial score (nSPS) is 10.6. The molecular formula is C13H12ClNO3. The fourth-order valence-electron chi connectivity index (χ4n) is 1.76. The quantitative estimate of drug-likeness (QED) is 0.850. The average molecular weight is 266 g/mol. The molecule has 0 bridgehead atoms. The average Bonchev–Trinajstić information content (AvgIpc) is 2.34. The number of rotatable bonds is 2. The van der Waals surface area contributed by atoms with Gasteiger partial charge in [0.15, 0.2) is 5.43 Å². The molecule has 0 amide bonds. The third-order valence-corrected chi connectivity index (χ3v) is 2.92. The maximum atomic E-state index is 12.1. The van der Waals surface area contributed by atoms with Crippen LogP contribution in [0.25, 0.3) is 10.9 Å². The molecule has 2 rings (SSSR count). The molecule has 0 atom stereocenters. The van der Waals surface area contributed by atoms with Crippen LogP contribution in [0.15, 0.2) is 23.0 Å². The summed E-state index contributed by atoms with van der Waals surface area (Å²) in [4.78, 5) is 26.7. The molecule has 94 valence electrons. The highest BCUT2D eigenvalue weighted by Gasteiger charge is 2.15. The number of carbonyl (C=O) groups is 1. The first kappa shape index (κ1) is 12.6. The molecule has 1 aromatic carbocycles. The van der Waals surface area contributed by atoms with Gasteiger partial charge in [-0.15, -0.1) is 0 Å². The minimum absolute atomic E-state index is 0.191.